The molecule has 7 heteroatoms. The minimum absolute atomic E-state index is 0.280. The molecule has 0 spiro atoms. The first kappa shape index (κ1) is 14.1. The van der Waals surface area contributed by atoms with Gasteiger partial charge in [-0.25, -0.2) is 4.79 Å². The molecule has 0 bridgehead atoms. The summed E-state index contributed by atoms with van der Waals surface area (Å²) in [6.45, 7) is 0. The van der Waals surface area contributed by atoms with Crippen molar-refractivity contribution >= 4 is 24.5 Å². The summed E-state index contributed by atoms with van der Waals surface area (Å²) >= 11 is 0. The Morgan fingerprint density at radius 2 is 1.84 bits per heavy atom. The van der Waals surface area contributed by atoms with Gasteiger partial charge in [0.2, 0.25) is 0 Å². The fraction of sp³-hybridized carbons (Fsp3) is 0.0833. The molecule has 1 atom stereocenters. The van der Waals surface area contributed by atoms with Gasteiger partial charge < -0.3 is 14.9 Å². The van der Waals surface area contributed by atoms with Gasteiger partial charge >= 0.3 is 13.6 Å². The van der Waals surface area contributed by atoms with E-state index in [-0.39, 0.29) is 11.7 Å². The standard InChI is InChI=1S/C12H13O5PS/c13-12(14)10-5-6-19(8-10)11-3-1-9(2-4-11)7-18(15,16)17/h1-6,8,19H,7H2,(H,13,14)(H2,15,16,17). The van der Waals surface area contributed by atoms with Gasteiger partial charge in [-0.05, 0) is 39.5 Å². The van der Waals surface area contributed by atoms with Gasteiger partial charge in [0, 0.05) is 0 Å². The number of carbonyl (C=O) groups is 1. The van der Waals surface area contributed by atoms with E-state index < -0.39 is 24.5 Å². The number of rotatable bonds is 4. The second-order valence-corrected chi connectivity index (χ2v) is 7.63. The molecule has 0 amide bonds. The number of benzene rings is 1. The van der Waals surface area contributed by atoms with E-state index >= 15 is 0 Å². The molecule has 0 aliphatic carbocycles. The highest BCUT2D eigenvalue weighted by atomic mass is 32.2. The molecule has 1 aromatic rings. The molecule has 0 saturated heterocycles. The summed E-state index contributed by atoms with van der Waals surface area (Å²) in [7, 11) is -4.82. The van der Waals surface area contributed by atoms with E-state index in [1.54, 1.807) is 35.7 Å². The Balaban J connectivity index is 2.14. The van der Waals surface area contributed by atoms with E-state index in [9.17, 15) is 9.36 Å². The summed E-state index contributed by atoms with van der Waals surface area (Å²) in [5.41, 5.74) is 0.850. The average Bonchev–Trinajstić information content (AvgIpc) is 2.77. The molecule has 1 unspecified atom stereocenters. The third-order valence-electron chi connectivity index (χ3n) is 2.56. The van der Waals surface area contributed by atoms with Crippen LogP contribution in [0.5, 0.6) is 0 Å². The third-order valence-corrected chi connectivity index (χ3v) is 5.26. The zero-order valence-corrected chi connectivity index (χ0v) is 11.6. The first-order valence-electron chi connectivity index (χ1n) is 5.40. The van der Waals surface area contributed by atoms with Crippen LogP contribution in [-0.4, -0.2) is 20.9 Å². The van der Waals surface area contributed by atoms with Crippen LogP contribution in [-0.2, 0) is 15.5 Å². The lowest BCUT2D eigenvalue weighted by molar-refractivity contribution is -0.132. The molecule has 0 saturated carbocycles. The van der Waals surface area contributed by atoms with Gasteiger partial charge in [-0.3, -0.25) is 4.57 Å². The maximum atomic E-state index is 10.9. The summed E-state index contributed by atoms with van der Waals surface area (Å²) in [6.07, 6.45) is 1.30. The maximum Gasteiger partial charge on any atom is 0.336 e. The van der Waals surface area contributed by atoms with Crippen LogP contribution < -0.4 is 0 Å². The van der Waals surface area contributed by atoms with Crippen molar-refractivity contribution in [2.24, 2.45) is 0 Å². The van der Waals surface area contributed by atoms with Crippen molar-refractivity contribution in [1.29, 1.82) is 0 Å². The number of aliphatic carboxylic acids is 1. The van der Waals surface area contributed by atoms with Crippen molar-refractivity contribution in [3.05, 3.63) is 52.3 Å². The van der Waals surface area contributed by atoms with Crippen LogP contribution in [0.25, 0.3) is 0 Å². The molecule has 19 heavy (non-hydrogen) atoms. The third kappa shape index (κ3) is 3.81. The van der Waals surface area contributed by atoms with Crippen LogP contribution in [0, 0.1) is 0 Å². The molecule has 1 aliphatic heterocycles. The summed E-state index contributed by atoms with van der Waals surface area (Å²) < 4.78 is 10.9. The molecule has 1 aliphatic rings. The largest absolute Gasteiger partial charge is 0.478 e. The van der Waals surface area contributed by atoms with Crippen LogP contribution in [0.3, 0.4) is 0 Å². The van der Waals surface area contributed by atoms with Gasteiger partial charge in [-0.15, -0.1) is 0 Å². The van der Waals surface area contributed by atoms with Crippen LogP contribution >= 0.6 is 18.5 Å². The molecule has 102 valence electrons. The Labute approximate surface area is 112 Å². The second-order valence-electron chi connectivity index (χ2n) is 4.10. The lowest BCUT2D eigenvalue weighted by Crippen LogP contribution is -1.94. The predicted octanol–water partition coefficient (Wildman–Crippen LogP) is 2.22. The smallest absolute Gasteiger partial charge is 0.336 e. The van der Waals surface area contributed by atoms with Gasteiger partial charge in [0.1, 0.15) is 0 Å². The van der Waals surface area contributed by atoms with Crippen LogP contribution in [0.4, 0.5) is 0 Å². The van der Waals surface area contributed by atoms with E-state index in [4.69, 9.17) is 14.9 Å². The highest BCUT2D eigenvalue weighted by Crippen LogP contribution is 2.45. The van der Waals surface area contributed by atoms with Gasteiger partial charge in [0.05, 0.1) is 11.7 Å². The second kappa shape index (κ2) is 5.35. The normalized spacial score (nSPS) is 20.3. The number of hydrogen-bond donors (Lipinski definition) is 4. The fourth-order valence-electron chi connectivity index (χ4n) is 1.69. The Hall–Kier alpha value is -1.33. The van der Waals surface area contributed by atoms with Gasteiger partial charge in [0.15, 0.2) is 0 Å². The van der Waals surface area contributed by atoms with Crippen molar-refractivity contribution in [3.8, 4) is 0 Å². The molecule has 5 nitrogen and oxygen atoms in total. The highest BCUT2D eigenvalue weighted by molar-refractivity contribution is 8.22. The quantitative estimate of drug-likeness (QED) is 0.505. The molecule has 2 rings (SSSR count). The van der Waals surface area contributed by atoms with E-state index in [1.807, 2.05) is 5.41 Å². The van der Waals surface area contributed by atoms with E-state index in [2.05, 4.69) is 0 Å². The molecule has 0 radical (unpaired) electrons. The topological polar surface area (TPSA) is 94.8 Å². The van der Waals surface area contributed by atoms with E-state index in [1.165, 1.54) is 0 Å². The molecular weight excluding hydrogens is 287 g/mol. The first-order valence-corrected chi connectivity index (χ1v) is 8.68. The molecule has 0 fully saturated rings. The zero-order chi connectivity index (χ0) is 14.0. The fourth-order valence-corrected chi connectivity index (χ4v) is 4.10. The number of carboxylic acids is 1. The number of thiol groups is 1. The van der Waals surface area contributed by atoms with Crippen molar-refractivity contribution < 1.29 is 24.3 Å². The van der Waals surface area contributed by atoms with Crippen LogP contribution in [0.1, 0.15) is 5.56 Å². The van der Waals surface area contributed by atoms with Crippen LogP contribution in [0.2, 0.25) is 0 Å². The lowest BCUT2D eigenvalue weighted by atomic mass is 10.2. The Morgan fingerprint density at radius 1 is 1.21 bits per heavy atom. The SMILES string of the molecule is O=C(O)C1=C[SH](c2ccc(CP(=O)(O)O)cc2)C=C1. The lowest BCUT2D eigenvalue weighted by Gasteiger charge is -2.11. The zero-order valence-electron chi connectivity index (χ0n) is 9.80. The van der Waals surface area contributed by atoms with Crippen molar-refractivity contribution in [3.63, 3.8) is 0 Å². The molecule has 1 aromatic carbocycles. The van der Waals surface area contributed by atoms with E-state index in [0.717, 1.165) is 4.90 Å². The Kier molecular flexibility index (Phi) is 3.96. The number of carboxylic acid groups (broad SMARTS) is 1. The van der Waals surface area contributed by atoms with Gasteiger partial charge in [-0.1, -0.05) is 12.1 Å². The Morgan fingerprint density at radius 3 is 2.32 bits per heavy atom. The van der Waals surface area contributed by atoms with Gasteiger partial charge in [-0.2, -0.15) is 10.9 Å². The summed E-state index contributed by atoms with van der Waals surface area (Å²) in [4.78, 5) is 29.5. The summed E-state index contributed by atoms with van der Waals surface area (Å²) in [5.74, 6) is -0.945. The monoisotopic (exact) mass is 300 g/mol. The molecule has 3 N–H and O–H groups in total. The average molecular weight is 300 g/mol. The first-order chi connectivity index (χ1) is 8.85. The van der Waals surface area contributed by atoms with Gasteiger partial charge in [0.25, 0.3) is 0 Å². The summed E-state index contributed by atoms with van der Waals surface area (Å²) in [5, 5.41) is 12.4. The Bertz CT molecular complexity index is 599. The highest BCUT2D eigenvalue weighted by Gasteiger charge is 2.15. The molecular formula is C12H13O5PS. The van der Waals surface area contributed by atoms with Crippen molar-refractivity contribution in [2.75, 3.05) is 0 Å². The van der Waals surface area contributed by atoms with E-state index in [0.29, 0.717) is 5.56 Å². The molecule has 0 aromatic heterocycles. The molecule has 1 heterocycles. The number of hydrogen-bond acceptors (Lipinski definition) is 2. The van der Waals surface area contributed by atoms with Crippen LogP contribution in [0.15, 0.2) is 51.6 Å². The summed E-state index contributed by atoms with van der Waals surface area (Å²) in [6, 6.07) is 6.89. The predicted molar refractivity (Wildman–Crippen MR) is 74.3 cm³/mol. The maximum absolute atomic E-state index is 10.9. The minimum Gasteiger partial charge on any atom is -0.478 e. The minimum atomic E-state index is -4.05. The van der Waals surface area contributed by atoms with Crippen molar-refractivity contribution in [2.45, 2.75) is 11.1 Å². The van der Waals surface area contributed by atoms with Crippen molar-refractivity contribution in [1.82, 2.24) is 0 Å².